The van der Waals surface area contributed by atoms with E-state index in [1.54, 1.807) is 49.6 Å². The minimum Gasteiger partial charge on any atom is -0.497 e. The number of hydrogen-bond acceptors (Lipinski definition) is 7. The third kappa shape index (κ3) is 4.24. The fourth-order valence-corrected chi connectivity index (χ4v) is 2.69. The zero-order chi connectivity index (χ0) is 19.4. The molecule has 1 aromatic heterocycles. The lowest BCUT2D eigenvalue weighted by molar-refractivity contribution is -0.383. The molecule has 3 rings (SSSR count). The van der Waals surface area contributed by atoms with Crippen LogP contribution in [0.5, 0.6) is 5.75 Å². The molecule has 8 nitrogen and oxygen atoms in total. The third-order valence-electron chi connectivity index (χ3n) is 3.78. The van der Waals surface area contributed by atoms with Gasteiger partial charge in [0, 0.05) is 22.5 Å². The molecule has 0 fully saturated rings. The van der Waals surface area contributed by atoms with Gasteiger partial charge < -0.3 is 15.4 Å². The molecule has 0 radical (unpaired) electrons. The lowest BCUT2D eigenvalue weighted by atomic mass is 10.2. The Morgan fingerprint density at radius 2 is 1.85 bits per heavy atom. The molecule has 138 valence electrons. The maximum Gasteiger partial charge on any atom is 0.353 e. The number of nitrogens with zero attached hydrogens (tertiary/aromatic N) is 3. The first-order valence-corrected chi connectivity index (χ1v) is 8.29. The van der Waals surface area contributed by atoms with Crippen LogP contribution in [0.15, 0.2) is 48.8 Å². The predicted molar refractivity (Wildman–Crippen MR) is 104 cm³/mol. The van der Waals surface area contributed by atoms with E-state index in [2.05, 4.69) is 20.6 Å². The van der Waals surface area contributed by atoms with E-state index >= 15 is 0 Å². The van der Waals surface area contributed by atoms with Gasteiger partial charge in [0.05, 0.1) is 12.0 Å². The average Bonchev–Trinajstić information content (AvgIpc) is 2.64. The second-order valence-electron chi connectivity index (χ2n) is 5.62. The smallest absolute Gasteiger partial charge is 0.353 e. The van der Waals surface area contributed by atoms with Crippen LogP contribution in [-0.4, -0.2) is 22.0 Å². The monoisotopic (exact) mass is 385 g/mol. The van der Waals surface area contributed by atoms with Crippen LogP contribution in [0.3, 0.4) is 0 Å². The van der Waals surface area contributed by atoms with Crippen LogP contribution in [0.2, 0.25) is 5.02 Å². The van der Waals surface area contributed by atoms with Gasteiger partial charge in [-0.2, -0.15) is 0 Å². The maximum absolute atomic E-state index is 11.7. The van der Waals surface area contributed by atoms with Gasteiger partial charge in [-0.15, -0.1) is 0 Å². The molecule has 0 aliphatic heterocycles. The Hall–Kier alpha value is -3.39. The second-order valence-corrected chi connectivity index (χ2v) is 6.05. The summed E-state index contributed by atoms with van der Waals surface area (Å²) in [5.41, 5.74) is 1.82. The summed E-state index contributed by atoms with van der Waals surface area (Å²) in [4.78, 5) is 19.2. The number of benzene rings is 2. The van der Waals surface area contributed by atoms with Crippen molar-refractivity contribution >= 4 is 40.3 Å². The number of nitrogens with one attached hydrogen (secondary N) is 2. The molecular formula is C18H16ClN5O3. The molecule has 0 spiro atoms. The molecule has 0 saturated carbocycles. The van der Waals surface area contributed by atoms with Gasteiger partial charge in [0.15, 0.2) is 0 Å². The van der Waals surface area contributed by atoms with Gasteiger partial charge in [0.1, 0.15) is 12.1 Å². The van der Waals surface area contributed by atoms with E-state index in [0.717, 1.165) is 5.56 Å². The molecule has 0 aliphatic rings. The average molecular weight is 386 g/mol. The SMILES string of the molecule is COc1cccc(Nc2ncnc(Nc3ccc(Cl)cc3C)c2[N+](=O)[O-])c1. The van der Waals surface area contributed by atoms with Crippen LogP contribution in [0.1, 0.15) is 5.56 Å². The minimum absolute atomic E-state index is 0.0670. The summed E-state index contributed by atoms with van der Waals surface area (Å²) in [7, 11) is 1.54. The topological polar surface area (TPSA) is 102 Å². The van der Waals surface area contributed by atoms with Gasteiger partial charge in [-0.1, -0.05) is 17.7 Å². The quantitative estimate of drug-likeness (QED) is 0.462. The number of aromatic nitrogens is 2. The van der Waals surface area contributed by atoms with Gasteiger partial charge in [0.2, 0.25) is 11.6 Å². The van der Waals surface area contributed by atoms with Crippen LogP contribution in [0.25, 0.3) is 0 Å². The van der Waals surface area contributed by atoms with Crippen molar-refractivity contribution in [1.82, 2.24) is 9.97 Å². The van der Waals surface area contributed by atoms with Crippen molar-refractivity contribution in [3.63, 3.8) is 0 Å². The van der Waals surface area contributed by atoms with Crippen LogP contribution >= 0.6 is 11.6 Å². The Morgan fingerprint density at radius 1 is 1.11 bits per heavy atom. The largest absolute Gasteiger partial charge is 0.497 e. The first-order chi connectivity index (χ1) is 13.0. The summed E-state index contributed by atoms with van der Waals surface area (Å²) >= 11 is 5.96. The van der Waals surface area contributed by atoms with Crippen molar-refractivity contribution in [2.75, 3.05) is 17.7 Å². The Balaban J connectivity index is 1.98. The highest BCUT2D eigenvalue weighted by Crippen LogP contribution is 2.34. The van der Waals surface area contributed by atoms with E-state index in [1.807, 2.05) is 6.92 Å². The fraction of sp³-hybridized carbons (Fsp3) is 0.111. The van der Waals surface area contributed by atoms with Gasteiger partial charge in [0.25, 0.3) is 0 Å². The van der Waals surface area contributed by atoms with Crippen molar-refractivity contribution in [3.05, 3.63) is 69.5 Å². The Bertz CT molecular complexity index is 996. The Labute approximate surface area is 160 Å². The van der Waals surface area contributed by atoms with Crippen molar-refractivity contribution < 1.29 is 9.66 Å². The van der Waals surface area contributed by atoms with Gasteiger partial charge in [-0.25, -0.2) is 9.97 Å². The lowest BCUT2D eigenvalue weighted by Gasteiger charge is -2.12. The highest BCUT2D eigenvalue weighted by Gasteiger charge is 2.23. The molecule has 0 aliphatic carbocycles. The molecule has 3 aromatic rings. The van der Waals surface area contributed by atoms with Crippen LogP contribution in [0, 0.1) is 17.0 Å². The maximum atomic E-state index is 11.7. The number of anilines is 4. The molecule has 27 heavy (non-hydrogen) atoms. The van der Waals surface area contributed by atoms with E-state index in [9.17, 15) is 10.1 Å². The number of ether oxygens (including phenoxy) is 1. The summed E-state index contributed by atoms with van der Waals surface area (Å²) in [6, 6.07) is 12.2. The molecule has 0 unspecified atom stereocenters. The molecular weight excluding hydrogens is 370 g/mol. The highest BCUT2D eigenvalue weighted by molar-refractivity contribution is 6.30. The lowest BCUT2D eigenvalue weighted by Crippen LogP contribution is -2.06. The van der Waals surface area contributed by atoms with E-state index in [4.69, 9.17) is 16.3 Å². The zero-order valence-corrected chi connectivity index (χ0v) is 15.3. The minimum atomic E-state index is -0.532. The predicted octanol–water partition coefficient (Wildman–Crippen LogP) is 4.84. The molecule has 0 bridgehead atoms. The molecule has 0 saturated heterocycles. The summed E-state index contributed by atoms with van der Waals surface area (Å²) in [5, 5.41) is 18.2. The van der Waals surface area contributed by atoms with Crippen molar-refractivity contribution in [2.24, 2.45) is 0 Å². The molecule has 0 amide bonds. The third-order valence-corrected chi connectivity index (χ3v) is 4.01. The first-order valence-electron chi connectivity index (χ1n) is 7.91. The van der Waals surface area contributed by atoms with Crippen molar-refractivity contribution in [2.45, 2.75) is 6.92 Å². The summed E-state index contributed by atoms with van der Waals surface area (Å²) in [6.45, 7) is 1.84. The number of nitro groups is 1. The standard InChI is InChI=1S/C18H16ClN5O3/c1-11-8-12(19)6-7-15(11)23-18-16(24(25)26)17(20-10-21-18)22-13-4-3-5-14(9-13)27-2/h3-10H,1-2H3,(H2,20,21,22,23). The number of aryl methyl sites for hydroxylation is 1. The summed E-state index contributed by atoms with van der Waals surface area (Å²) in [6.07, 6.45) is 1.25. The molecule has 9 heteroatoms. The molecule has 1 heterocycles. The van der Waals surface area contributed by atoms with E-state index in [-0.39, 0.29) is 17.3 Å². The van der Waals surface area contributed by atoms with Gasteiger partial charge >= 0.3 is 5.69 Å². The van der Waals surface area contributed by atoms with Crippen molar-refractivity contribution in [3.8, 4) is 5.75 Å². The van der Waals surface area contributed by atoms with Gasteiger partial charge in [-0.05, 0) is 42.8 Å². The van der Waals surface area contributed by atoms with E-state index in [0.29, 0.717) is 22.1 Å². The first kappa shape index (κ1) is 18.4. The normalized spacial score (nSPS) is 10.3. The van der Waals surface area contributed by atoms with Gasteiger partial charge in [-0.3, -0.25) is 10.1 Å². The second kappa shape index (κ2) is 7.88. The number of rotatable bonds is 6. The molecule has 0 atom stereocenters. The van der Waals surface area contributed by atoms with Crippen molar-refractivity contribution in [1.29, 1.82) is 0 Å². The summed E-state index contributed by atoms with van der Waals surface area (Å²) in [5.74, 6) is 0.759. The Morgan fingerprint density at radius 3 is 2.52 bits per heavy atom. The molecule has 2 aromatic carbocycles. The summed E-state index contributed by atoms with van der Waals surface area (Å²) < 4.78 is 5.17. The van der Waals surface area contributed by atoms with Crippen LogP contribution in [-0.2, 0) is 0 Å². The van der Waals surface area contributed by atoms with Crippen LogP contribution in [0.4, 0.5) is 28.7 Å². The Kier molecular flexibility index (Phi) is 5.37. The zero-order valence-electron chi connectivity index (χ0n) is 14.6. The van der Waals surface area contributed by atoms with Crippen LogP contribution < -0.4 is 15.4 Å². The number of halogens is 1. The van der Waals surface area contributed by atoms with E-state index < -0.39 is 4.92 Å². The fourth-order valence-electron chi connectivity index (χ4n) is 2.47. The van der Waals surface area contributed by atoms with E-state index in [1.165, 1.54) is 6.33 Å². The molecule has 2 N–H and O–H groups in total. The highest BCUT2D eigenvalue weighted by atomic mass is 35.5. The number of hydrogen-bond donors (Lipinski definition) is 2. The number of methoxy groups -OCH3 is 1.